The predicted molar refractivity (Wildman–Crippen MR) is 92.2 cm³/mol. The van der Waals surface area contributed by atoms with Gasteiger partial charge < -0.3 is 15.2 Å². The third-order valence-corrected chi connectivity index (χ3v) is 5.05. The highest BCUT2D eigenvalue weighted by molar-refractivity contribution is 5.62. The van der Waals surface area contributed by atoms with E-state index in [-0.39, 0.29) is 11.8 Å². The maximum absolute atomic E-state index is 10.1. The lowest BCUT2D eigenvalue weighted by atomic mass is 9.76. The van der Waals surface area contributed by atoms with Crippen LogP contribution in [0.1, 0.15) is 35.1 Å². The number of allylic oxidation sites excluding steroid dienone is 2. The molecule has 1 aliphatic carbocycles. The van der Waals surface area contributed by atoms with Crippen molar-refractivity contribution < 1.29 is 9.84 Å². The maximum atomic E-state index is 10.1. The molecule has 0 bridgehead atoms. The molecule has 0 fully saturated rings. The Morgan fingerprint density at radius 1 is 1.25 bits per heavy atom. The quantitative estimate of drug-likeness (QED) is 0.818. The topological polar surface area (TPSA) is 65.3 Å². The summed E-state index contributed by atoms with van der Waals surface area (Å²) in [5, 5.41) is 22.9. The molecule has 0 saturated carbocycles. The first-order valence-corrected chi connectivity index (χ1v) is 8.05. The van der Waals surface area contributed by atoms with Crippen molar-refractivity contribution in [3.8, 4) is 17.6 Å². The minimum absolute atomic E-state index is 0.113. The number of aromatic hydroxyl groups is 1. The van der Waals surface area contributed by atoms with E-state index in [1.807, 2.05) is 24.3 Å². The minimum atomic E-state index is 0.113. The molecule has 4 heteroatoms. The van der Waals surface area contributed by atoms with Crippen LogP contribution in [-0.2, 0) is 0 Å². The van der Waals surface area contributed by atoms with E-state index in [1.165, 1.54) is 5.56 Å². The molecule has 2 N–H and O–H groups in total. The van der Waals surface area contributed by atoms with Crippen molar-refractivity contribution in [2.24, 2.45) is 5.92 Å². The molecular weight excluding hydrogens is 300 g/mol. The van der Waals surface area contributed by atoms with Crippen molar-refractivity contribution in [3.63, 3.8) is 0 Å². The number of anilines is 1. The molecule has 2 aromatic rings. The number of nitrogens with one attached hydrogen (secondary N) is 1. The van der Waals surface area contributed by atoms with Crippen LogP contribution in [0.5, 0.6) is 11.5 Å². The molecule has 1 heterocycles. The molecule has 3 unspecified atom stereocenters. The van der Waals surface area contributed by atoms with Crippen LogP contribution in [0.2, 0.25) is 0 Å². The number of phenolic OH excluding ortho intramolecular Hbond substituents is 1. The smallest absolute Gasteiger partial charge is 0.160 e. The lowest BCUT2D eigenvalue weighted by Crippen LogP contribution is -2.29. The number of ether oxygens (including phenoxy) is 1. The summed E-state index contributed by atoms with van der Waals surface area (Å²) >= 11 is 0. The summed E-state index contributed by atoms with van der Waals surface area (Å²) in [7, 11) is 1.55. The Balaban J connectivity index is 1.76. The van der Waals surface area contributed by atoms with E-state index in [9.17, 15) is 5.11 Å². The first-order valence-electron chi connectivity index (χ1n) is 8.05. The fourth-order valence-corrected chi connectivity index (χ4v) is 3.89. The summed E-state index contributed by atoms with van der Waals surface area (Å²) in [4.78, 5) is 0. The molecule has 4 rings (SSSR count). The minimum Gasteiger partial charge on any atom is -0.504 e. The molecule has 120 valence electrons. The van der Waals surface area contributed by atoms with Gasteiger partial charge in [0.15, 0.2) is 11.5 Å². The first-order chi connectivity index (χ1) is 11.7. The van der Waals surface area contributed by atoms with Crippen LogP contribution in [0.15, 0.2) is 48.6 Å². The number of phenols is 1. The first kappa shape index (κ1) is 14.6. The molecule has 3 atom stereocenters. The van der Waals surface area contributed by atoms with Crippen molar-refractivity contribution in [2.75, 3.05) is 12.4 Å². The predicted octanol–water partition coefficient (Wildman–Crippen LogP) is 4.10. The molecular formula is C20H18N2O2. The van der Waals surface area contributed by atoms with Gasteiger partial charge in [0.05, 0.1) is 24.8 Å². The van der Waals surface area contributed by atoms with Crippen molar-refractivity contribution in [1.29, 1.82) is 5.26 Å². The van der Waals surface area contributed by atoms with Gasteiger partial charge in [-0.15, -0.1) is 0 Å². The average molecular weight is 318 g/mol. The number of benzene rings is 2. The van der Waals surface area contributed by atoms with Gasteiger partial charge in [0.25, 0.3) is 0 Å². The molecule has 0 aromatic heterocycles. The second kappa shape index (κ2) is 5.61. The number of nitrogens with zero attached hydrogens (tertiary/aromatic N) is 1. The Labute approximate surface area is 141 Å². The molecule has 0 saturated heterocycles. The fourth-order valence-electron chi connectivity index (χ4n) is 3.89. The van der Waals surface area contributed by atoms with Crippen molar-refractivity contribution in [3.05, 3.63) is 65.2 Å². The Hall–Kier alpha value is -2.93. The number of hydrogen-bond acceptors (Lipinski definition) is 4. The Morgan fingerprint density at radius 3 is 2.88 bits per heavy atom. The Bertz CT molecular complexity index is 866. The normalized spacial score (nSPS) is 23.8. The molecule has 0 radical (unpaired) electrons. The van der Waals surface area contributed by atoms with Gasteiger partial charge in [0.1, 0.15) is 0 Å². The lowest BCUT2D eigenvalue weighted by molar-refractivity contribution is 0.371. The zero-order chi connectivity index (χ0) is 16.7. The molecule has 0 amide bonds. The summed E-state index contributed by atoms with van der Waals surface area (Å²) in [6, 6.07) is 13.7. The van der Waals surface area contributed by atoms with Gasteiger partial charge in [-0.05, 0) is 53.8 Å². The second-order valence-electron chi connectivity index (χ2n) is 6.32. The van der Waals surface area contributed by atoms with Gasteiger partial charge in [0.2, 0.25) is 0 Å². The van der Waals surface area contributed by atoms with Gasteiger partial charge in [-0.25, -0.2) is 0 Å². The summed E-state index contributed by atoms with van der Waals surface area (Å²) < 4.78 is 5.14. The van der Waals surface area contributed by atoms with Crippen LogP contribution >= 0.6 is 0 Å². The van der Waals surface area contributed by atoms with Crippen LogP contribution in [-0.4, -0.2) is 12.2 Å². The van der Waals surface area contributed by atoms with E-state index < -0.39 is 0 Å². The van der Waals surface area contributed by atoms with Gasteiger partial charge in [-0.3, -0.25) is 0 Å². The van der Waals surface area contributed by atoms with Crippen molar-refractivity contribution in [1.82, 2.24) is 0 Å². The van der Waals surface area contributed by atoms with Gasteiger partial charge in [0, 0.05) is 11.6 Å². The zero-order valence-electron chi connectivity index (χ0n) is 13.4. The van der Waals surface area contributed by atoms with Crippen LogP contribution < -0.4 is 10.1 Å². The van der Waals surface area contributed by atoms with E-state index >= 15 is 0 Å². The van der Waals surface area contributed by atoms with Gasteiger partial charge in [-0.1, -0.05) is 18.2 Å². The van der Waals surface area contributed by atoms with E-state index in [1.54, 1.807) is 19.2 Å². The van der Waals surface area contributed by atoms with Gasteiger partial charge in [-0.2, -0.15) is 5.26 Å². The summed E-state index contributed by atoms with van der Waals surface area (Å²) in [6.45, 7) is 0. The average Bonchev–Trinajstić information content (AvgIpc) is 3.10. The molecule has 0 spiro atoms. The highest BCUT2D eigenvalue weighted by Crippen LogP contribution is 2.50. The molecule has 1 aliphatic heterocycles. The number of methoxy groups -OCH3 is 1. The molecule has 2 aliphatic rings. The third-order valence-electron chi connectivity index (χ3n) is 5.05. The summed E-state index contributed by atoms with van der Waals surface area (Å²) in [6.07, 6.45) is 5.43. The van der Waals surface area contributed by atoms with E-state index in [0.717, 1.165) is 17.7 Å². The second-order valence-corrected chi connectivity index (χ2v) is 6.32. The summed E-state index contributed by atoms with van der Waals surface area (Å²) in [5.74, 6) is 1.31. The van der Waals surface area contributed by atoms with Crippen LogP contribution in [0.25, 0.3) is 0 Å². The Morgan fingerprint density at radius 2 is 2.12 bits per heavy atom. The number of hydrogen-bond donors (Lipinski definition) is 2. The summed E-state index contributed by atoms with van der Waals surface area (Å²) in [5.41, 5.74) is 3.97. The third kappa shape index (κ3) is 2.21. The van der Waals surface area contributed by atoms with E-state index in [0.29, 0.717) is 23.1 Å². The highest BCUT2D eigenvalue weighted by Gasteiger charge is 2.38. The molecule has 4 nitrogen and oxygen atoms in total. The molecule has 2 aromatic carbocycles. The molecule has 24 heavy (non-hydrogen) atoms. The van der Waals surface area contributed by atoms with E-state index in [2.05, 4.69) is 23.5 Å². The Kier molecular flexibility index (Phi) is 3.42. The van der Waals surface area contributed by atoms with E-state index in [4.69, 9.17) is 10.00 Å². The maximum Gasteiger partial charge on any atom is 0.160 e. The monoisotopic (exact) mass is 318 g/mol. The fraction of sp³-hybridized carbons (Fsp3) is 0.250. The lowest BCUT2D eigenvalue weighted by Gasteiger charge is -2.37. The van der Waals surface area contributed by atoms with Crippen molar-refractivity contribution in [2.45, 2.75) is 18.4 Å². The highest BCUT2D eigenvalue weighted by atomic mass is 16.5. The van der Waals surface area contributed by atoms with Crippen LogP contribution in [0.3, 0.4) is 0 Å². The van der Waals surface area contributed by atoms with Crippen LogP contribution in [0.4, 0.5) is 5.69 Å². The number of rotatable bonds is 2. The SMILES string of the molecule is COc1ccc(C2Nc3ccc(C#N)cc3C3C=CCC32)cc1O. The zero-order valence-corrected chi connectivity index (χ0v) is 13.4. The van der Waals surface area contributed by atoms with Crippen molar-refractivity contribution >= 4 is 5.69 Å². The van der Waals surface area contributed by atoms with Gasteiger partial charge >= 0.3 is 0 Å². The van der Waals surface area contributed by atoms with Crippen LogP contribution in [0, 0.1) is 17.2 Å². The standard InChI is InChI=1S/C20H18N2O2/c1-24-19-8-6-13(10-18(19)23)20-15-4-2-3-14(15)16-9-12(11-21)5-7-17(16)22-20/h2-3,5-10,14-15,20,22-23H,4H2,1H3. The number of fused-ring (bicyclic) bond motifs is 3. The number of nitriles is 1. The largest absolute Gasteiger partial charge is 0.504 e.